The Balaban J connectivity index is 2.37. The Hall–Kier alpha value is -0.120. The maximum atomic E-state index is 5.90. The molecule has 11 heavy (non-hydrogen) atoms. The average molecular weight is 157 g/mol. The Morgan fingerprint density at radius 3 is 2.82 bits per heavy atom. The van der Waals surface area contributed by atoms with Crippen LogP contribution in [0.5, 0.6) is 0 Å². The third kappa shape index (κ3) is 2.15. The summed E-state index contributed by atoms with van der Waals surface area (Å²) in [6.45, 7) is 6.29. The monoisotopic (exact) mass is 157 g/mol. The fourth-order valence-corrected chi connectivity index (χ4v) is 1.66. The molecule has 0 aromatic heterocycles. The lowest BCUT2D eigenvalue weighted by molar-refractivity contribution is 0.166. The van der Waals surface area contributed by atoms with Crippen molar-refractivity contribution in [1.29, 1.82) is 0 Å². The first-order chi connectivity index (χ1) is 5.27. The zero-order valence-electron chi connectivity index (χ0n) is 7.29. The van der Waals surface area contributed by atoms with Crippen LogP contribution in [0.4, 0.5) is 0 Å². The number of rotatable bonds is 2. The molecule has 0 amide bonds. The molecule has 1 saturated heterocycles. The molecule has 1 aliphatic heterocycles. The number of likely N-dealkylation sites (tertiary alicyclic amines) is 1. The van der Waals surface area contributed by atoms with Crippen LogP contribution in [0.3, 0.4) is 0 Å². The van der Waals surface area contributed by atoms with Crippen molar-refractivity contribution in [3.8, 4) is 0 Å². The minimum Gasteiger partial charge on any atom is -0.330 e. The SMILES string of the molecule is CCN1CC[C@@H](N)[C@H](CN)C1. The molecule has 3 nitrogen and oxygen atoms in total. The Morgan fingerprint density at radius 1 is 1.55 bits per heavy atom. The van der Waals surface area contributed by atoms with Gasteiger partial charge in [-0.2, -0.15) is 0 Å². The minimum absolute atomic E-state index is 0.336. The van der Waals surface area contributed by atoms with E-state index in [-0.39, 0.29) is 0 Å². The van der Waals surface area contributed by atoms with Crippen molar-refractivity contribution < 1.29 is 0 Å². The normalized spacial score (nSPS) is 34.1. The number of hydrogen-bond donors (Lipinski definition) is 2. The molecule has 1 heterocycles. The zero-order valence-corrected chi connectivity index (χ0v) is 7.29. The molecule has 3 heteroatoms. The van der Waals surface area contributed by atoms with Gasteiger partial charge in [0, 0.05) is 12.6 Å². The predicted molar refractivity (Wildman–Crippen MR) is 47.3 cm³/mol. The van der Waals surface area contributed by atoms with Crippen LogP contribution >= 0.6 is 0 Å². The highest BCUT2D eigenvalue weighted by Crippen LogP contribution is 2.13. The number of piperidine rings is 1. The quantitative estimate of drug-likeness (QED) is 0.574. The van der Waals surface area contributed by atoms with Gasteiger partial charge in [-0.3, -0.25) is 0 Å². The van der Waals surface area contributed by atoms with Crippen molar-refractivity contribution in [3.63, 3.8) is 0 Å². The fraction of sp³-hybridized carbons (Fsp3) is 1.00. The summed E-state index contributed by atoms with van der Waals surface area (Å²) in [6, 6.07) is 0.336. The summed E-state index contributed by atoms with van der Waals surface area (Å²) in [7, 11) is 0. The van der Waals surface area contributed by atoms with Crippen molar-refractivity contribution in [2.24, 2.45) is 17.4 Å². The second-order valence-electron chi connectivity index (χ2n) is 3.34. The van der Waals surface area contributed by atoms with Gasteiger partial charge in [0.2, 0.25) is 0 Å². The summed E-state index contributed by atoms with van der Waals surface area (Å²) in [5.41, 5.74) is 11.5. The highest BCUT2D eigenvalue weighted by molar-refractivity contribution is 4.82. The molecule has 1 aliphatic rings. The second-order valence-corrected chi connectivity index (χ2v) is 3.34. The van der Waals surface area contributed by atoms with Gasteiger partial charge in [-0.05, 0) is 32.0 Å². The fourth-order valence-electron chi connectivity index (χ4n) is 1.66. The molecule has 0 aliphatic carbocycles. The Morgan fingerprint density at radius 2 is 2.27 bits per heavy atom. The molecule has 2 atom stereocenters. The first kappa shape index (κ1) is 8.97. The van der Waals surface area contributed by atoms with Crippen LogP contribution in [0.15, 0.2) is 0 Å². The van der Waals surface area contributed by atoms with Gasteiger partial charge in [0.25, 0.3) is 0 Å². The molecular weight excluding hydrogens is 138 g/mol. The van der Waals surface area contributed by atoms with Gasteiger partial charge in [-0.15, -0.1) is 0 Å². The second kappa shape index (κ2) is 4.04. The lowest BCUT2D eigenvalue weighted by Crippen LogP contribution is -2.49. The van der Waals surface area contributed by atoms with Crippen LogP contribution in [0.2, 0.25) is 0 Å². The van der Waals surface area contributed by atoms with Crippen LogP contribution in [0.25, 0.3) is 0 Å². The minimum atomic E-state index is 0.336. The summed E-state index contributed by atoms with van der Waals surface area (Å²) in [5.74, 6) is 0.517. The van der Waals surface area contributed by atoms with Crippen molar-refractivity contribution in [2.45, 2.75) is 19.4 Å². The first-order valence-electron chi connectivity index (χ1n) is 4.46. The van der Waals surface area contributed by atoms with E-state index >= 15 is 0 Å². The lowest BCUT2D eigenvalue weighted by atomic mass is 9.93. The molecule has 1 rings (SSSR count). The largest absolute Gasteiger partial charge is 0.330 e. The molecule has 1 fully saturated rings. The van der Waals surface area contributed by atoms with Crippen molar-refractivity contribution >= 4 is 0 Å². The van der Waals surface area contributed by atoms with Gasteiger partial charge in [0.05, 0.1) is 0 Å². The van der Waals surface area contributed by atoms with Crippen LogP contribution in [-0.4, -0.2) is 37.1 Å². The van der Waals surface area contributed by atoms with Gasteiger partial charge in [-0.1, -0.05) is 6.92 Å². The molecule has 0 saturated carbocycles. The average Bonchev–Trinajstić information content (AvgIpc) is 2.05. The maximum Gasteiger partial charge on any atom is 0.0104 e. The number of nitrogens with two attached hydrogens (primary N) is 2. The molecule has 0 unspecified atom stereocenters. The van der Waals surface area contributed by atoms with Crippen molar-refractivity contribution in [3.05, 3.63) is 0 Å². The van der Waals surface area contributed by atoms with E-state index in [4.69, 9.17) is 11.5 Å². The van der Waals surface area contributed by atoms with E-state index in [2.05, 4.69) is 11.8 Å². The van der Waals surface area contributed by atoms with Gasteiger partial charge in [-0.25, -0.2) is 0 Å². The molecule has 0 radical (unpaired) electrons. The zero-order chi connectivity index (χ0) is 8.27. The number of nitrogens with zero attached hydrogens (tertiary/aromatic N) is 1. The van der Waals surface area contributed by atoms with E-state index in [9.17, 15) is 0 Å². The van der Waals surface area contributed by atoms with E-state index in [0.29, 0.717) is 12.0 Å². The first-order valence-corrected chi connectivity index (χ1v) is 4.46. The number of hydrogen-bond acceptors (Lipinski definition) is 3. The maximum absolute atomic E-state index is 5.90. The van der Waals surface area contributed by atoms with Gasteiger partial charge in [0.1, 0.15) is 0 Å². The van der Waals surface area contributed by atoms with Gasteiger partial charge >= 0.3 is 0 Å². The van der Waals surface area contributed by atoms with Gasteiger partial charge in [0.15, 0.2) is 0 Å². The molecule has 0 bridgehead atoms. The lowest BCUT2D eigenvalue weighted by Gasteiger charge is -2.35. The van der Waals surface area contributed by atoms with E-state index in [0.717, 1.165) is 32.6 Å². The standard InChI is InChI=1S/C8H19N3/c1-2-11-4-3-8(10)7(5-9)6-11/h7-8H,2-6,9-10H2,1H3/t7-,8-/m1/s1. The summed E-state index contributed by atoms with van der Waals surface area (Å²) in [4.78, 5) is 2.42. The smallest absolute Gasteiger partial charge is 0.0104 e. The molecule has 0 aromatic carbocycles. The van der Waals surface area contributed by atoms with Crippen molar-refractivity contribution in [1.82, 2.24) is 4.90 Å². The molecular formula is C8H19N3. The Bertz CT molecular complexity index is 116. The van der Waals surface area contributed by atoms with E-state index in [1.807, 2.05) is 0 Å². The molecule has 0 aromatic rings. The van der Waals surface area contributed by atoms with E-state index in [1.54, 1.807) is 0 Å². The summed E-state index contributed by atoms with van der Waals surface area (Å²) < 4.78 is 0. The molecule has 66 valence electrons. The Kier molecular flexibility index (Phi) is 3.30. The highest BCUT2D eigenvalue weighted by atomic mass is 15.1. The predicted octanol–water partition coefficient (Wildman–Crippen LogP) is -0.386. The van der Waals surface area contributed by atoms with Crippen LogP contribution in [0.1, 0.15) is 13.3 Å². The molecule has 0 spiro atoms. The van der Waals surface area contributed by atoms with Crippen molar-refractivity contribution in [2.75, 3.05) is 26.2 Å². The van der Waals surface area contributed by atoms with Crippen LogP contribution < -0.4 is 11.5 Å². The van der Waals surface area contributed by atoms with Crippen LogP contribution in [0, 0.1) is 5.92 Å². The third-order valence-electron chi connectivity index (χ3n) is 2.63. The summed E-state index contributed by atoms with van der Waals surface area (Å²) >= 11 is 0. The van der Waals surface area contributed by atoms with Crippen LogP contribution in [-0.2, 0) is 0 Å². The van der Waals surface area contributed by atoms with Gasteiger partial charge < -0.3 is 16.4 Å². The topological polar surface area (TPSA) is 55.3 Å². The van der Waals surface area contributed by atoms with E-state index in [1.165, 1.54) is 0 Å². The summed E-state index contributed by atoms with van der Waals surface area (Å²) in [5, 5.41) is 0. The third-order valence-corrected chi connectivity index (χ3v) is 2.63. The summed E-state index contributed by atoms with van der Waals surface area (Å²) in [6.07, 6.45) is 1.11. The molecule has 4 N–H and O–H groups in total. The Labute approximate surface area is 68.7 Å². The van der Waals surface area contributed by atoms with E-state index < -0.39 is 0 Å². The highest BCUT2D eigenvalue weighted by Gasteiger charge is 2.24.